The molecule has 0 bridgehead atoms. The van der Waals surface area contributed by atoms with Gasteiger partial charge in [-0.05, 0) is 17.5 Å². The third-order valence-electron chi connectivity index (χ3n) is 2.07. The molecule has 72 valence electrons. The van der Waals surface area contributed by atoms with Gasteiger partial charge in [-0.3, -0.25) is 0 Å². The summed E-state index contributed by atoms with van der Waals surface area (Å²) in [7, 11) is 0. The highest BCUT2D eigenvalue weighted by Gasteiger charge is 2.11. The predicted molar refractivity (Wildman–Crippen MR) is 54.8 cm³/mol. The highest BCUT2D eigenvalue weighted by atomic mass is 14.9. The molecule has 0 radical (unpaired) electrons. The number of nitrogens with two attached hydrogens (primary N) is 3. The Morgan fingerprint density at radius 3 is 2.38 bits per heavy atom. The lowest BCUT2D eigenvalue weighted by Crippen LogP contribution is -2.17. The third-order valence-corrected chi connectivity index (χ3v) is 2.07. The molecule has 1 aromatic heterocycles. The molecule has 4 heteroatoms. The molecule has 6 N–H and O–H groups in total. The van der Waals surface area contributed by atoms with Gasteiger partial charge in [-0.25, -0.2) is 4.98 Å². The molecule has 0 saturated heterocycles. The van der Waals surface area contributed by atoms with Gasteiger partial charge in [0.05, 0.1) is 5.69 Å². The van der Waals surface area contributed by atoms with Crippen LogP contribution in [0.2, 0.25) is 0 Å². The largest absolute Gasteiger partial charge is 0.396 e. The molecular weight excluding hydrogens is 164 g/mol. The van der Waals surface area contributed by atoms with Crippen molar-refractivity contribution < 1.29 is 0 Å². The summed E-state index contributed by atoms with van der Waals surface area (Å²) >= 11 is 0. The van der Waals surface area contributed by atoms with Crippen molar-refractivity contribution in [1.29, 1.82) is 0 Å². The van der Waals surface area contributed by atoms with Gasteiger partial charge in [-0.2, -0.15) is 0 Å². The van der Waals surface area contributed by atoms with Gasteiger partial charge in [0.25, 0.3) is 0 Å². The van der Waals surface area contributed by atoms with Crippen molar-refractivity contribution in [2.24, 2.45) is 11.7 Å². The fraction of sp³-hybridized carbons (Fsp3) is 0.444. The van der Waals surface area contributed by atoms with Crippen molar-refractivity contribution >= 4 is 11.5 Å². The molecule has 0 aliphatic rings. The first-order valence-electron chi connectivity index (χ1n) is 4.29. The molecule has 0 saturated carbocycles. The molecule has 0 fully saturated rings. The zero-order valence-electron chi connectivity index (χ0n) is 7.99. The molecule has 0 aliphatic carbocycles. The minimum atomic E-state index is -0.0320. The van der Waals surface area contributed by atoms with E-state index in [4.69, 9.17) is 17.2 Å². The molecule has 1 heterocycles. The van der Waals surface area contributed by atoms with E-state index in [9.17, 15) is 0 Å². The van der Waals surface area contributed by atoms with Gasteiger partial charge < -0.3 is 17.2 Å². The first kappa shape index (κ1) is 9.80. The Labute approximate surface area is 78.1 Å². The van der Waals surface area contributed by atoms with E-state index in [1.54, 1.807) is 12.3 Å². The summed E-state index contributed by atoms with van der Waals surface area (Å²) in [5, 5.41) is 0. The van der Waals surface area contributed by atoms with Crippen LogP contribution in [0.5, 0.6) is 0 Å². The van der Waals surface area contributed by atoms with Crippen LogP contribution < -0.4 is 17.2 Å². The van der Waals surface area contributed by atoms with Crippen LogP contribution in [-0.2, 0) is 0 Å². The Bertz CT molecular complexity index is 296. The summed E-state index contributed by atoms with van der Waals surface area (Å²) in [5.74, 6) is 0.726. The van der Waals surface area contributed by atoms with Crippen molar-refractivity contribution in [3.63, 3.8) is 0 Å². The molecule has 4 nitrogen and oxygen atoms in total. The van der Waals surface area contributed by atoms with Crippen LogP contribution in [0, 0.1) is 5.92 Å². The molecule has 0 aromatic carbocycles. The number of nitrogen functional groups attached to an aromatic ring is 2. The standard InChI is InChI=1S/C9H16N4/c1-5(2)8(11)6-3-7(10)9(12)13-4-6/h3-5,8H,10-11H2,1-2H3,(H2,12,13). The summed E-state index contributed by atoms with van der Waals surface area (Å²) in [5.41, 5.74) is 18.5. The second-order valence-electron chi connectivity index (χ2n) is 3.51. The van der Waals surface area contributed by atoms with E-state index in [1.807, 2.05) is 0 Å². The molecule has 1 atom stereocenters. The lowest BCUT2D eigenvalue weighted by molar-refractivity contribution is 0.513. The molecular formula is C9H16N4. The lowest BCUT2D eigenvalue weighted by Gasteiger charge is -2.16. The quantitative estimate of drug-likeness (QED) is 0.630. The maximum atomic E-state index is 5.92. The van der Waals surface area contributed by atoms with E-state index in [0.717, 1.165) is 5.56 Å². The van der Waals surface area contributed by atoms with Crippen molar-refractivity contribution in [1.82, 2.24) is 4.98 Å². The van der Waals surface area contributed by atoms with Crippen LogP contribution in [0.15, 0.2) is 12.3 Å². The number of anilines is 2. The van der Waals surface area contributed by atoms with Crippen LogP contribution in [0.3, 0.4) is 0 Å². The Morgan fingerprint density at radius 1 is 1.31 bits per heavy atom. The second kappa shape index (κ2) is 3.62. The highest BCUT2D eigenvalue weighted by Crippen LogP contribution is 2.21. The van der Waals surface area contributed by atoms with Crippen molar-refractivity contribution in [2.45, 2.75) is 19.9 Å². The molecule has 0 aliphatic heterocycles. The minimum absolute atomic E-state index is 0.0320. The number of hydrogen-bond acceptors (Lipinski definition) is 4. The second-order valence-corrected chi connectivity index (χ2v) is 3.51. The third kappa shape index (κ3) is 2.09. The van der Waals surface area contributed by atoms with Gasteiger partial charge >= 0.3 is 0 Å². The highest BCUT2D eigenvalue weighted by molar-refractivity contribution is 5.58. The molecule has 1 aromatic rings. The van der Waals surface area contributed by atoms with Crippen molar-refractivity contribution in [3.05, 3.63) is 17.8 Å². The number of rotatable bonds is 2. The average Bonchev–Trinajstić information content (AvgIpc) is 2.08. The summed E-state index contributed by atoms with van der Waals surface area (Å²) in [6, 6.07) is 1.75. The van der Waals surface area contributed by atoms with Crippen molar-refractivity contribution in [2.75, 3.05) is 11.5 Å². The fourth-order valence-corrected chi connectivity index (χ4v) is 1.08. The Kier molecular flexibility index (Phi) is 2.72. The number of hydrogen-bond donors (Lipinski definition) is 3. The van der Waals surface area contributed by atoms with Crippen LogP contribution in [0.4, 0.5) is 11.5 Å². The molecule has 0 spiro atoms. The van der Waals surface area contributed by atoms with E-state index in [-0.39, 0.29) is 6.04 Å². The first-order valence-corrected chi connectivity index (χ1v) is 4.29. The fourth-order valence-electron chi connectivity index (χ4n) is 1.08. The van der Waals surface area contributed by atoms with Gasteiger partial charge in [0, 0.05) is 12.2 Å². The summed E-state index contributed by atoms with van der Waals surface area (Å²) in [4.78, 5) is 3.95. The molecule has 13 heavy (non-hydrogen) atoms. The molecule has 0 amide bonds. The maximum absolute atomic E-state index is 5.92. The number of nitrogens with zero attached hydrogens (tertiary/aromatic N) is 1. The Hall–Kier alpha value is -1.29. The monoisotopic (exact) mass is 180 g/mol. The van der Waals surface area contributed by atoms with Crippen LogP contribution in [0.25, 0.3) is 0 Å². The lowest BCUT2D eigenvalue weighted by atomic mass is 9.98. The Morgan fingerprint density at radius 2 is 1.92 bits per heavy atom. The minimum Gasteiger partial charge on any atom is -0.396 e. The zero-order valence-corrected chi connectivity index (χ0v) is 7.99. The van der Waals surface area contributed by atoms with Gasteiger partial charge in [-0.15, -0.1) is 0 Å². The van der Waals surface area contributed by atoms with Gasteiger partial charge in [0.15, 0.2) is 0 Å². The smallest absolute Gasteiger partial charge is 0.146 e. The van der Waals surface area contributed by atoms with Gasteiger partial charge in [0.2, 0.25) is 0 Å². The Balaban J connectivity index is 2.97. The topological polar surface area (TPSA) is 90.9 Å². The van der Waals surface area contributed by atoms with Crippen LogP contribution in [0.1, 0.15) is 25.5 Å². The van der Waals surface area contributed by atoms with Crippen LogP contribution in [-0.4, -0.2) is 4.98 Å². The number of aromatic nitrogens is 1. The SMILES string of the molecule is CC(C)C(N)c1cnc(N)c(N)c1. The maximum Gasteiger partial charge on any atom is 0.146 e. The van der Waals surface area contributed by atoms with Gasteiger partial charge in [-0.1, -0.05) is 13.8 Å². The van der Waals surface area contributed by atoms with E-state index >= 15 is 0 Å². The van der Waals surface area contributed by atoms with E-state index in [0.29, 0.717) is 17.4 Å². The summed E-state index contributed by atoms with van der Waals surface area (Å²) in [6.45, 7) is 4.11. The zero-order chi connectivity index (χ0) is 10.0. The van der Waals surface area contributed by atoms with E-state index in [2.05, 4.69) is 18.8 Å². The first-order chi connectivity index (χ1) is 6.02. The summed E-state index contributed by atoms with van der Waals surface area (Å²) < 4.78 is 0. The predicted octanol–water partition coefficient (Wildman–Crippen LogP) is 0.902. The van der Waals surface area contributed by atoms with Crippen molar-refractivity contribution in [3.8, 4) is 0 Å². The van der Waals surface area contributed by atoms with E-state index in [1.165, 1.54) is 0 Å². The molecule has 1 unspecified atom stereocenters. The van der Waals surface area contributed by atoms with Gasteiger partial charge in [0.1, 0.15) is 5.82 Å². The van der Waals surface area contributed by atoms with Crippen LogP contribution >= 0.6 is 0 Å². The molecule has 1 rings (SSSR count). The normalized spacial score (nSPS) is 13.2. The number of pyridine rings is 1. The average molecular weight is 180 g/mol. The summed E-state index contributed by atoms with van der Waals surface area (Å²) in [6.07, 6.45) is 1.68. The van der Waals surface area contributed by atoms with E-state index < -0.39 is 0 Å².